The molecule has 3 aliphatic heterocycles. The number of hydrogen-bond acceptors (Lipinski definition) is 6. The third-order valence-electron chi connectivity index (χ3n) is 5.97. The number of piperazine rings is 1. The van der Waals surface area contributed by atoms with Gasteiger partial charge in [0, 0.05) is 50.6 Å². The van der Waals surface area contributed by atoms with E-state index < -0.39 is 0 Å². The molecule has 1 aromatic carbocycles. The molecular formula is C19H26N4O4. The Balaban J connectivity index is 1.57. The number of fused-ring (bicyclic) bond motifs is 3. The van der Waals surface area contributed by atoms with Crippen LogP contribution in [0, 0.1) is 16.0 Å². The molecule has 2 saturated heterocycles. The van der Waals surface area contributed by atoms with Crippen molar-refractivity contribution in [1.29, 1.82) is 0 Å². The first-order chi connectivity index (χ1) is 13.0. The number of ether oxygens (including phenoxy) is 1. The third kappa shape index (κ3) is 3.64. The number of carbonyl (C=O) groups excluding carboxylic acids is 1. The lowest BCUT2D eigenvalue weighted by molar-refractivity contribution is -0.384. The topological polar surface area (TPSA) is 88.0 Å². The summed E-state index contributed by atoms with van der Waals surface area (Å²) in [6, 6.07) is 5.12. The predicted molar refractivity (Wildman–Crippen MR) is 101 cm³/mol. The molecule has 0 aliphatic carbocycles. The van der Waals surface area contributed by atoms with E-state index in [9.17, 15) is 14.9 Å². The summed E-state index contributed by atoms with van der Waals surface area (Å²) in [6.07, 6.45) is 2.67. The summed E-state index contributed by atoms with van der Waals surface area (Å²) in [5.41, 5.74) is 2.00. The van der Waals surface area contributed by atoms with E-state index >= 15 is 0 Å². The van der Waals surface area contributed by atoms with Crippen LogP contribution < -0.4 is 10.2 Å². The Labute approximate surface area is 158 Å². The number of non-ortho nitro benzene ring substituents is 1. The van der Waals surface area contributed by atoms with Crippen LogP contribution in [-0.2, 0) is 16.0 Å². The van der Waals surface area contributed by atoms with E-state index in [2.05, 4.69) is 22.2 Å². The molecule has 3 aliphatic rings. The van der Waals surface area contributed by atoms with Crippen LogP contribution in [0.4, 0.5) is 11.4 Å². The second-order valence-corrected chi connectivity index (χ2v) is 7.78. The highest BCUT2D eigenvalue weighted by Crippen LogP contribution is 2.37. The Bertz CT molecular complexity index is 734. The van der Waals surface area contributed by atoms with Gasteiger partial charge in [0.15, 0.2) is 0 Å². The van der Waals surface area contributed by atoms with Crippen LogP contribution in [0.15, 0.2) is 18.2 Å². The summed E-state index contributed by atoms with van der Waals surface area (Å²) in [6.45, 7) is 3.86. The van der Waals surface area contributed by atoms with Gasteiger partial charge in [0.1, 0.15) is 0 Å². The van der Waals surface area contributed by atoms with E-state index in [0.717, 1.165) is 50.3 Å². The molecule has 27 heavy (non-hydrogen) atoms. The average molecular weight is 374 g/mol. The highest BCUT2D eigenvalue weighted by molar-refractivity contribution is 5.82. The number of anilines is 1. The van der Waals surface area contributed by atoms with Gasteiger partial charge in [0.25, 0.3) is 5.69 Å². The maximum absolute atomic E-state index is 13.0. The number of nitrogens with one attached hydrogen (secondary N) is 1. The van der Waals surface area contributed by atoms with Crippen molar-refractivity contribution in [2.75, 3.05) is 44.7 Å². The fourth-order valence-electron chi connectivity index (χ4n) is 4.52. The highest BCUT2D eigenvalue weighted by atomic mass is 16.6. The summed E-state index contributed by atoms with van der Waals surface area (Å²) in [7, 11) is 2.07. The van der Waals surface area contributed by atoms with Gasteiger partial charge in [-0.15, -0.1) is 0 Å². The van der Waals surface area contributed by atoms with E-state index in [1.165, 1.54) is 0 Å². The van der Waals surface area contributed by atoms with Crippen molar-refractivity contribution >= 4 is 17.3 Å². The summed E-state index contributed by atoms with van der Waals surface area (Å²) >= 11 is 0. The van der Waals surface area contributed by atoms with Crippen LogP contribution in [0.5, 0.6) is 0 Å². The normalized spacial score (nSPS) is 27.7. The maximum Gasteiger partial charge on any atom is 0.269 e. The number of likely N-dealkylation sites (N-methyl/N-ethyl adjacent to an activating group) is 1. The minimum Gasteiger partial charge on any atom is -0.376 e. The van der Waals surface area contributed by atoms with Gasteiger partial charge in [-0.3, -0.25) is 14.9 Å². The summed E-state index contributed by atoms with van der Waals surface area (Å²) in [4.78, 5) is 28.3. The van der Waals surface area contributed by atoms with E-state index in [-0.39, 0.29) is 34.6 Å². The quantitative estimate of drug-likeness (QED) is 0.629. The highest BCUT2D eigenvalue weighted by Gasteiger charge is 2.41. The van der Waals surface area contributed by atoms with E-state index in [4.69, 9.17) is 4.74 Å². The molecular weight excluding hydrogens is 348 g/mol. The van der Waals surface area contributed by atoms with Crippen LogP contribution in [0.3, 0.4) is 0 Å². The third-order valence-corrected chi connectivity index (χ3v) is 5.97. The van der Waals surface area contributed by atoms with Crippen molar-refractivity contribution in [3.8, 4) is 0 Å². The van der Waals surface area contributed by atoms with Crippen LogP contribution in [0.25, 0.3) is 0 Å². The Hall–Kier alpha value is -2.19. The number of benzene rings is 1. The lowest BCUT2D eigenvalue weighted by Gasteiger charge is -2.48. The molecule has 0 bridgehead atoms. The Morgan fingerprint density at radius 1 is 1.41 bits per heavy atom. The zero-order valence-corrected chi connectivity index (χ0v) is 15.6. The molecule has 146 valence electrons. The number of rotatable bonds is 4. The fraction of sp³-hybridized carbons (Fsp3) is 0.632. The minimum atomic E-state index is -0.372. The molecule has 3 heterocycles. The summed E-state index contributed by atoms with van der Waals surface area (Å²) < 4.78 is 5.60. The van der Waals surface area contributed by atoms with Crippen LogP contribution in [0.2, 0.25) is 0 Å². The second kappa shape index (κ2) is 7.44. The minimum absolute atomic E-state index is 0.0213. The molecule has 0 radical (unpaired) electrons. The maximum atomic E-state index is 13.0. The Morgan fingerprint density at radius 2 is 2.26 bits per heavy atom. The van der Waals surface area contributed by atoms with Gasteiger partial charge in [0.05, 0.1) is 23.0 Å². The van der Waals surface area contributed by atoms with Crippen molar-refractivity contribution in [1.82, 2.24) is 10.2 Å². The van der Waals surface area contributed by atoms with Gasteiger partial charge in [-0.25, -0.2) is 0 Å². The molecule has 8 nitrogen and oxygen atoms in total. The molecule has 1 aromatic rings. The molecule has 2 fully saturated rings. The van der Waals surface area contributed by atoms with Gasteiger partial charge in [-0.05, 0) is 37.9 Å². The summed E-state index contributed by atoms with van der Waals surface area (Å²) in [5, 5.41) is 14.2. The van der Waals surface area contributed by atoms with Crippen molar-refractivity contribution in [3.05, 3.63) is 33.9 Å². The van der Waals surface area contributed by atoms with Crippen molar-refractivity contribution in [2.24, 2.45) is 5.92 Å². The second-order valence-electron chi connectivity index (χ2n) is 7.78. The molecule has 1 amide bonds. The van der Waals surface area contributed by atoms with Crippen LogP contribution in [-0.4, -0.2) is 67.7 Å². The molecule has 4 rings (SSSR count). The van der Waals surface area contributed by atoms with Gasteiger partial charge in [0.2, 0.25) is 5.91 Å². The predicted octanol–water partition coefficient (Wildman–Crippen LogP) is 1.18. The van der Waals surface area contributed by atoms with E-state index in [1.54, 1.807) is 12.1 Å². The zero-order chi connectivity index (χ0) is 19.0. The van der Waals surface area contributed by atoms with Crippen LogP contribution in [0.1, 0.15) is 18.4 Å². The lowest BCUT2D eigenvalue weighted by Crippen LogP contribution is -2.60. The largest absolute Gasteiger partial charge is 0.376 e. The van der Waals surface area contributed by atoms with E-state index in [1.807, 2.05) is 6.07 Å². The Morgan fingerprint density at radius 3 is 3.00 bits per heavy atom. The van der Waals surface area contributed by atoms with Gasteiger partial charge >= 0.3 is 0 Å². The number of amides is 1. The van der Waals surface area contributed by atoms with Gasteiger partial charge in [-0.2, -0.15) is 0 Å². The molecule has 0 saturated carbocycles. The number of carbonyl (C=O) groups is 1. The number of nitrogens with zero attached hydrogens (tertiary/aromatic N) is 3. The lowest BCUT2D eigenvalue weighted by atomic mass is 9.83. The monoisotopic (exact) mass is 374 g/mol. The average Bonchev–Trinajstić information content (AvgIpc) is 3.18. The Kier molecular flexibility index (Phi) is 5.01. The zero-order valence-electron chi connectivity index (χ0n) is 15.6. The van der Waals surface area contributed by atoms with E-state index in [0.29, 0.717) is 13.0 Å². The molecule has 8 heteroatoms. The number of nitro benzene ring substituents is 1. The number of nitro groups is 1. The standard InChI is InChI=1S/C19H26N4O4/c1-21-6-7-22-17-5-4-14(23(25)26)9-13(17)10-16(18(22)12-21)19(24)20-11-15-3-2-8-27-15/h4-5,9,15-16,18H,2-3,6-8,10-12H2,1H3,(H,20,24)/t15-,16+,18-/m1/s1. The summed E-state index contributed by atoms with van der Waals surface area (Å²) in [5.74, 6) is -0.198. The number of hydrogen-bond donors (Lipinski definition) is 1. The first-order valence-corrected chi connectivity index (χ1v) is 9.65. The smallest absolute Gasteiger partial charge is 0.269 e. The van der Waals surface area contributed by atoms with Gasteiger partial charge in [-0.1, -0.05) is 0 Å². The molecule has 0 unspecified atom stereocenters. The van der Waals surface area contributed by atoms with Crippen molar-refractivity contribution < 1.29 is 14.5 Å². The molecule has 3 atom stereocenters. The van der Waals surface area contributed by atoms with Crippen molar-refractivity contribution in [3.63, 3.8) is 0 Å². The first-order valence-electron chi connectivity index (χ1n) is 9.65. The first kappa shape index (κ1) is 18.2. The van der Waals surface area contributed by atoms with Crippen molar-refractivity contribution in [2.45, 2.75) is 31.4 Å². The van der Waals surface area contributed by atoms with Gasteiger partial charge < -0.3 is 19.9 Å². The molecule has 0 aromatic heterocycles. The molecule has 0 spiro atoms. The van der Waals surface area contributed by atoms with Crippen LogP contribution >= 0.6 is 0 Å². The fourth-order valence-corrected chi connectivity index (χ4v) is 4.52. The molecule has 1 N–H and O–H groups in total. The SMILES string of the molecule is CN1CCN2c3ccc([N+](=O)[O-])cc3C[C@H](C(=O)NC[C@H]3CCCO3)[C@H]2C1.